The zero-order valence-electron chi connectivity index (χ0n) is 32.0. The van der Waals surface area contributed by atoms with Crippen LogP contribution in [0, 0.1) is 0 Å². The van der Waals surface area contributed by atoms with E-state index >= 15 is 0 Å². The molecule has 0 saturated heterocycles. The van der Waals surface area contributed by atoms with Gasteiger partial charge in [-0.2, -0.15) is 0 Å². The van der Waals surface area contributed by atoms with Gasteiger partial charge in [0.1, 0.15) is 11.2 Å². The lowest BCUT2D eigenvalue weighted by Crippen LogP contribution is -2.00. The smallest absolute Gasteiger partial charge is 0.164 e. The Labute approximate surface area is 341 Å². The van der Waals surface area contributed by atoms with Crippen LogP contribution in [-0.4, -0.2) is 15.0 Å². The molecule has 0 amide bonds. The standard InChI is InChI=1S/C55H35N3O/c1-3-13-36(14-4-1)37-27-29-40(30-28-37)54-56-53(39-16-5-2-6-17-39)57-55(58-54)46-23-11-21-44(35-46)42-19-9-18-41(33-42)43-20-10-22-45(34-43)48-25-12-26-49-52(48)51-47-24-8-7-15-38(47)31-32-50(51)59-49/h1-35H. The van der Waals surface area contributed by atoms with Gasteiger partial charge >= 0.3 is 0 Å². The lowest BCUT2D eigenvalue weighted by atomic mass is 9.93. The fourth-order valence-electron chi connectivity index (χ4n) is 8.20. The van der Waals surface area contributed by atoms with Crippen LogP contribution in [0.5, 0.6) is 0 Å². The maximum absolute atomic E-state index is 6.41. The van der Waals surface area contributed by atoms with Crippen LogP contribution in [0.4, 0.5) is 0 Å². The van der Waals surface area contributed by atoms with E-state index in [1.165, 1.54) is 16.3 Å². The summed E-state index contributed by atoms with van der Waals surface area (Å²) in [6, 6.07) is 74.1. The predicted molar refractivity (Wildman–Crippen MR) is 243 cm³/mol. The first-order valence-corrected chi connectivity index (χ1v) is 19.8. The first-order valence-electron chi connectivity index (χ1n) is 19.8. The van der Waals surface area contributed by atoms with Gasteiger partial charge in [-0.3, -0.25) is 0 Å². The molecule has 2 heterocycles. The summed E-state index contributed by atoms with van der Waals surface area (Å²) >= 11 is 0. The second-order valence-corrected chi connectivity index (χ2v) is 14.8. The van der Waals surface area contributed by atoms with Crippen LogP contribution in [0.2, 0.25) is 0 Å². The molecule has 276 valence electrons. The molecule has 11 aromatic rings. The molecule has 9 aromatic carbocycles. The summed E-state index contributed by atoms with van der Waals surface area (Å²) in [4.78, 5) is 15.1. The van der Waals surface area contributed by atoms with Gasteiger partial charge in [0.15, 0.2) is 17.5 Å². The third-order valence-corrected chi connectivity index (χ3v) is 11.1. The highest BCUT2D eigenvalue weighted by Gasteiger charge is 2.17. The number of hydrogen-bond donors (Lipinski definition) is 0. The van der Waals surface area contributed by atoms with Gasteiger partial charge in [-0.15, -0.1) is 0 Å². The molecular formula is C55H35N3O. The Bertz CT molecular complexity index is 3320. The number of fused-ring (bicyclic) bond motifs is 5. The summed E-state index contributed by atoms with van der Waals surface area (Å²) < 4.78 is 6.41. The summed E-state index contributed by atoms with van der Waals surface area (Å²) in [5, 5.41) is 4.70. The van der Waals surface area contributed by atoms with Crippen molar-refractivity contribution in [2.45, 2.75) is 0 Å². The van der Waals surface area contributed by atoms with Gasteiger partial charge in [-0.25, -0.2) is 15.0 Å². The highest BCUT2D eigenvalue weighted by atomic mass is 16.3. The summed E-state index contributed by atoms with van der Waals surface area (Å²) in [5.74, 6) is 1.89. The number of hydrogen-bond acceptors (Lipinski definition) is 4. The molecule has 0 aliphatic carbocycles. The number of nitrogens with zero attached hydrogens (tertiary/aromatic N) is 3. The van der Waals surface area contributed by atoms with Crippen molar-refractivity contribution in [3.8, 4) is 78.7 Å². The first kappa shape index (κ1) is 34.3. The van der Waals surface area contributed by atoms with E-state index in [0.29, 0.717) is 17.5 Å². The summed E-state index contributed by atoms with van der Waals surface area (Å²) in [6.45, 7) is 0. The third kappa shape index (κ3) is 6.43. The molecule has 0 fully saturated rings. The Balaban J connectivity index is 0.960. The average molecular weight is 754 g/mol. The van der Waals surface area contributed by atoms with Crippen molar-refractivity contribution in [3.05, 3.63) is 212 Å². The van der Waals surface area contributed by atoms with E-state index in [4.69, 9.17) is 19.4 Å². The summed E-state index contributed by atoms with van der Waals surface area (Å²) in [7, 11) is 0. The predicted octanol–water partition coefficient (Wildman–Crippen LogP) is 14.6. The maximum Gasteiger partial charge on any atom is 0.164 e. The topological polar surface area (TPSA) is 51.8 Å². The van der Waals surface area contributed by atoms with Crippen LogP contribution in [0.3, 0.4) is 0 Å². The second-order valence-electron chi connectivity index (χ2n) is 14.8. The fraction of sp³-hybridized carbons (Fsp3) is 0. The molecule has 59 heavy (non-hydrogen) atoms. The molecular weight excluding hydrogens is 719 g/mol. The van der Waals surface area contributed by atoms with Crippen LogP contribution >= 0.6 is 0 Å². The molecule has 0 atom stereocenters. The van der Waals surface area contributed by atoms with Crippen molar-refractivity contribution < 1.29 is 4.42 Å². The summed E-state index contributed by atoms with van der Waals surface area (Å²) in [5.41, 5.74) is 13.7. The largest absolute Gasteiger partial charge is 0.456 e. The Morgan fingerprint density at radius 2 is 0.712 bits per heavy atom. The van der Waals surface area contributed by atoms with Crippen LogP contribution in [0.15, 0.2) is 217 Å². The van der Waals surface area contributed by atoms with Gasteiger partial charge in [0.05, 0.1) is 0 Å². The van der Waals surface area contributed by atoms with Crippen LogP contribution in [0.1, 0.15) is 0 Å². The van der Waals surface area contributed by atoms with Crippen molar-refractivity contribution in [2.24, 2.45) is 0 Å². The van der Waals surface area contributed by atoms with E-state index < -0.39 is 0 Å². The molecule has 0 radical (unpaired) electrons. The second kappa shape index (κ2) is 14.5. The van der Waals surface area contributed by atoms with Crippen LogP contribution in [0.25, 0.3) is 111 Å². The molecule has 0 bridgehead atoms. The Kier molecular flexibility index (Phi) is 8.45. The van der Waals surface area contributed by atoms with Crippen LogP contribution < -0.4 is 0 Å². The van der Waals surface area contributed by atoms with E-state index in [1.54, 1.807) is 0 Å². The van der Waals surface area contributed by atoms with E-state index in [-0.39, 0.29) is 0 Å². The maximum atomic E-state index is 6.41. The van der Waals surface area contributed by atoms with Crippen molar-refractivity contribution >= 4 is 32.7 Å². The number of rotatable bonds is 7. The number of aromatic nitrogens is 3. The summed E-state index contributed by atoms with van der Waals surface area (Å²) in [6.07, 6.45) is 0. The van der Waals surface area contributed by atoms with Gasteiger partial charge in [-0.05, 0) is 85.6 Å². The molecule has 0 aliphatic heterocycles. The number of benzene rings is 9. The van der Waals surface area contributed by atoms with Crippen LogP contribution in [-0.2, 0) is 0 Å². The van der Waals surface area contributed by atoms with Crippen molar-refractivity contribution in [1.82, 2.24) is 15.0 Å². The zero-order valence-corrected chi connectivity index (χ0v) is 32.0. The highest BCUT2D eigenvalue weighted by Crippen LogP contribution is 2.41. The molecule has 4 heteroatoms. The van der Waals surface area contributed by atoms with Crippen molar-refractivity contribution in [2.75, 3.05) is 0 Å². The average Bonchev–Trinajstić information content (AvgIpc) is 3.72. The lowest BCUT2D eigenvalue weighted by Gasteiger charge is -2.11. The van der Waals surface area contributed by atoms with Gasteiger partial charge in [0.25, 0.3) is 0 Å². The minimum atomic E-state index is 0.625. The monoisotopic (exact) mass is 753 g/mol. The molecule has 0 unspecified atom stereocenters. The normalized spacial score (nSPS) is 11.4. The zero-order chi connectivity index (χ0) is 39.1. The quantitative estimate of drug-likeness (QED) is 0.163. The Morgan fingerprint density at radius 3 is 1.39 bits per heavy atom. The molecule has 2 aromatic heterocycles. The van der Waals surface area contributed by atoms with E-state index in [9.17, 15) is 0 Å². The molecule has 11 rings (SSSR count). The molecule has 0 aliphatic rings. The van der Waals surface area contributed by atoms with Gasteiger partial charge in [0.2, 0.25) is 0 Å². The fourth-order valence-corrected chi connectivity index (χ4v) is 8.20. The Hall–Kier alpha value is -7.95. The molecule has 0 N–H and O–H groups in total. The van der Waals surface area contributed by atoms with Crippen molar-refractivity contribution in [3.63, 3.8) is 0 Å². The van der Waals surface area contributed by atoms with Gasteiger partial charge < -0.3 is 4.42 Å². The minimum absolute atomic E-state index is 0.625. The molecule has 0 saturated carbocycles. The van der Waals surface area contributed by atoms with E-state index in [1.807, 2.05) is 36.4 Å². The molecule has 4 nitrogen and oxygen atoms in total. The van der Waals surface area contributed by atoms with Gasteiger partial charge in [-0.1, -0.05) is 182 Å². The third-order valence-electron chi connectivity index (χ3n) is 11.1. The van der Waals surface area contributed by atoms with E-state index in [2.05, 4.69) is 176 Å². The highest BCUT2D eigenvalue weighted by molar-refractivity contribution is 6.22. The number of furan rings is 1. The molecule has 0 spiro atoms. The SMILES string of the molecule is c1ccc(-c2ccc(-c3nc(-c4ccccc4)nc(-c4cccc(-c5cccc(-c6cccc(-c7cccc8oc9ccc%10ccccc%10c9c78)c6)c5)c4)n3)cc2)cc1. The lowest BCUT2D eigenvalue weighted by molar-refractivity contribution is 0.669. The van der Waals surface area contributed by atoms with Gasteiger partial charge in [0, 0.05) is 27.5 Å². The minimum Gasteiger partial charge on any atom is -0.456 e. The first-order chi connectivity index (χ1) is 29.2. The van der Waals surface area contributed by atoms with Crippen molar-refractivity contribution in [1.29, 1.82) is 0 Å². The van der Waals surface area contributed by atoms with E-state index in [0.717, 1.165) is 77.6 Å². The Morgan fingerprint density at radius 1 is 0.271 bits per heavy atom.